The molecule has 1 aromatic heterocycles. The Morgan fingerprint density at radius 1 is 1.21 bits per heavy atom. The zero-order valence-corrected chi connectivity index (χ0v) is 14.3. The Hall–Kier alpha value is -2.17. The average molecular weight is 326 g/mol. The normalized spacial score (nSPS) is 21.5. The van der Waals surface area contributed by atoms with Crippen molar-refractivity contribution in [1.29, 1.82) is 0 Å². The predicted octanol–water partition coefficient (Wildman–Crippen LogP) is 5.36. The number of aromatic amines is 1. The Morgan fingerprint density at radius 2 is 1.92 bits per heavy atom. The highest BCUT2D eigenvalue weighted by Gasteiger charge is 2.26. The van der Waals surface area contributed by atoms with E-state index in [1.165, 1.54) is 19.3 Å². The lowest BCUT2D eigenvalue weighted by atomic mass is 9.79. The summed E-state index contributed by atoms with van der Waals surface area (Å²) in [5.74, 6) is 1.85. The van der Waals surface area contributed by atoms with Gasteiger partial charge in [0.05, 0.1) is 0 Å². The van der Waals surface area contributed by atoms with E-state index in [0.717, 1.165) is 42.4 Å². The van der Waals surface area contributed by atoms with Crippen LogP contribution in [0, 0.1) is 11.8 Å². The Balaban J connectivity index is 1.61. The van der Waals surface area contributed by atoms with Gasteiger partial charge in [-0.3, -0.25) is 4.79 Å². The molecule has 0 radical (unpaired) electrons. The van der Waals surface area contributed by atoms with Crippen molar-refractivity contribution in [3.8, 4) is 0 Å². The van der Waals surface area contributed by atoms with E-state index in [4.69, 9.17) is 5.73 Å². The summed E-state index contributed by atoms with van der Waals surface area (Å²) in [5, 5.41) is 9.92. The van der Waals surface area contributed by atoms with E-state index in [0.29, 0.717) is 11.6 Å². The topological polar surface area (TPSA) is 83.6 Å². The first-order valence-electron chi connectivity index (χ1n) is 9.00. The van der Waals surface area contributed by atoms with Crippen LogP contribution < -0.4 is 5.73 Å². The van der Waals surface area contributed by atoms with Gasteiger partial charge < -0.3 is 10.7 Å². The number of carbonyl (C=O) groups excluding carboxylic acids is 1. The van der Waals surface area contributed by atoms with Gasteiger partial charge in [0.25, 0.3) is 5.91 Å². The number of H-pyrrole nitrogens is 1. The molecular weight excluding hydrogens is 300 g/mol. The monoisotopic (exact) mass is 326 g/mol. The molecule has 3 rings (SSSR count). The first-order chi connectivity index (χ1) is 11.7. The fourth-order valence-electron chi connectivity index (χ4n) is 3.64. The molecule has 0 bridgehead atoms. The van der Waals surface area contributed by atoms with E-state index in [9.17, 15) is 4.79 Å². The standard InChI is InChI=1S/C19H26N4O/c1-2-3-6-13-9-11-14(12-10-13)19(24)23-22-18-16-8-5-4-7-15(16)17(20)21-18/h4-5,7-8,13-14,21H,2-3,6,9-12,20H2,1H3. The lowest BCUT2D eigenvalue weighted by molar-refractivity contribution is -0.123. The second kappa shape index (κ2) is 7.60. The summed E-state index contributed by atoms with van der Waals surface area (Å²) in [6.45, 7) is 2.23. The van der Waals surface area contributed by atoms with Crippen LogP contribution in [0.15, 0.2) is 34.5 Å². The maximum absolute atomic E-state index is 12.3. The number of carbonyl (C=O) groups is 1. The fourth-order valence-corrected chi connectivity index (χ4v) is 3.64. The number of nitrogen functional groups attached to an aromatic ring is 1. The van der Waals surface area contributed by atoms with Crippen LogP contribution in [-0.4, -0.2) is 10.9 Å². The minimum absolute atomic E-state index is 0.0326. The van der Waals surface area contributed by atoms with Gasteiger partial charge in [-0.2, -0.15) is 0 Å². The predicted molar refractivity (Wildman–Crippen MR) is 97.2 cm³/mol. The van der Waals surface area contributed by atoms with Gasteiger partial charge in [-0.05, 0) is 31.6 Å². The molecule has 128 valence electrons. The summed E-state index contributed by atoms with van der Waals surface area (Å²) in [5.41, 5.74) is 5.94. The molecular formula is C19H26N4O. The number of fused-ring (bicyclic) bond motifs is 1. The van der Waals surface area contributed by atoms with Crippen LogP contribution in [0.3, 0.4) is 0 Å². The third-order valence-corrected chi connectivity index (χ3v) is 5.14. The van der Waals surface area contributed by atoms with E-state index in [-0.39, 0.29) is 11.8 Å². The lowest BCUT2D eigenvalue weighted by Crippen LogP contribution is -2.20. The SMILES string of the molecule is CCCCC1CCC(C(=O)N=Nc2[nH]c(N)c3ccccc23)CC1. The van der Waals surface area contributed by atoms with Gasteiger partial charge in [-0.15, -0.1) is 10.2 Å². The third kappa shape index (κ3) is 3.66. The number of benzene rings is 1. The smallest absolute Gasteiger partial charge is 0.267 e. The molecule has 1 aromatic carbocycles. The summed E-state index contributed by atoms with van der Waals surface area (Å²) >= 11 is 0. The zero-order valence-electron chi connectivity index (χ0n) is 14.3. The van der Waals surface area contributed by atoms with Crippen LogP contribution >= 0.6 is 0 Å². The molecule has 0 unspecified atom stereocenters. The Kier molecular flexibility index (Phi) is 5.28. The molecule has 1 amide bonds. The summed E-state index contributed by atoms with van der Waals surface area (Å²) in [6, 6.07) is 7.71. The number of aromatic nitrogens is 1. The number of rotatable bonds is 5. The number of unbranched alkanes of at least 4 members (excludes halogenated alkanes) is 1. The molecule has 3 N–H and O–H groups in total. The molecule has 0 spiro atoms. The lowest BCUT2D eigenvalue weighted by Gasteiger charge is -2.26. The van der Waals surface area contributed by atoms with Gasteiger partial charge in [0.15, 0.2) is 5.82 Å². The van der Waals surface area contributed by atoms with Crippen molar-refractivity contribution in [2.45, 2.75) is 51.9 Å². The number of azo groups is 1. The Morgan fingerprint density at radius 3 is 2.62 bits per heavy atom. The Bertz CT molecular complexity index is 726. The highest BCUT2D eigenvalue weighted by molar-refractivity contribution is 5.99. The summed E-state index contributed by atoms with van der Waals surface area (Å²) in [6.07, 6.45) is 8.02. The number of nitrogens with one attached hydrogen (secondary N) is 1. The molecule has 0 atom stereocenters. The van der Waals surface area contributed by atoms with Crippen LogP contribution in [0.1, 0.15) is 51.9 Å². The van der Waals surface area contributed by atoms with Crippen molar-refractivity contribution >= 4 is 28.3 Å². The number of nitrogens with zero attached hydrogens (tertiary/aromatic N) is 2. The van der Waals surface area contributed by atoms with E-state index >= 15 is 0 Å². The highest BCUT2D eigenvalue weighted by atomic mass is 16.1. The minimum Gasteiger partial charge on any atom is -0.385 e. The molecule has 1 saturated carbocycles. The number of nitrogens with two attached hydrogens (primary N) is 1. The molecule has 5 nitrogen and oxygen atoms in total. The summed E-state index contributed by atoms with van der Waals surface area (Å²) < 4.78 is 0. The first kappa shape index (κ1) is 16.7. The van der Waals surface area contributed by atoms with Gasteiger partial charge in [0, 0.05) is 16.7 Å². The average Bonchev–Trinajstić information content (AvgIpc) is 2.95. The van der Waals surface area contributed by atoms with Crippen LogP contribution in [0.2, 0.25) is 0 Å². The maximum atomic E-state index is 12.3. The van der Waals surface area contributed by atoms with Crippen molar-refractivity contribution in [1.82, 2.24) is 4.98 Å². The van der Waals surface area contributed by atoms with Gasteiger partial charge in [0.2, 0.25) is 0 Å². The van der Waals surface area contributed by atoms with Crippen molar-refractivity contribution in [3.63, 3.8) is 0 Å². The quantitative estimate of drug-likeness (QED) is 0.725. The molecule has 24 heavy (non-hydrogen) atoms. The van der Waals surface area contributed by atoms with Crippen molar-refractivity contribution < 1.29 is 4.79 Å². The molecule has 5 heteroatoms. The minimum atomic E-state index is -0.0961. The van der Waals surface area contributed by atoms with Crippen molar-refractivity contribution in [2.24, 2.45) is 22.1 Å². The molecule has 0 saturated heterocycles. The van der Waals surface area contributed by atoms with Crippen LogP contribution in [0.5, 0.6) is 0 Å². The van der Waals surface area contributed by atoms with Crippen LogP contribution in [0.4, 0.5) is 11.6 Å². The number of hydrogen-bond donors (Lipinski definition) is 2. The molecule has 2 aromatic rings. The Labute approximate surface area is 142 Å². The second-order valence-corrected chi connectivity index (χ2v) is 6.83. The third-order valence-electron chi connectivity index (χ3n) is 5.14. The maximum Gasteiger partial charge on any atom is 0.267 e. The fraction of sp³-hybridized carbons (Fsp3) is 0.526. The molecule has 0 aliphatic heterocycles. The van der Waals surface area contributed by atoms with Gasteiger partial charge in [-0.25, -0.2) is 0 Å². The van der Waals surface area contributed by atoms with Crippen molar-refractivity contribution in [3.05, 3.63) is 24.3 Å². The summed E-state index contributed by atoms with van der Waals surface area (Å²) in [7, 11) is 0. The van der Waals surface area contributed by atoms with Crippen LogP contribution in [-0.2, 0) is 4.79 Å². The van der Waals surface area contributed by atoms with E-state index in [1.54, 1.807) is 0 Å². The molecule has 1 aliphatic rings. The van der Waals surface area contributed by atoms with E-state index in [2.05, 4.69) is 22.1 Å². The largest absolute Gasteiger partial charge is 0.385 e. The zero-order chi connectivity index (χ0) is 16.9. The van der Waals surface area contributed by atoms with Crippen molar-refractivity contribution in [2.75, 3.05) is 5.73 Å². The molecule has 1 fully saturated rings. The van der Waals surface area contributed by atoms with Gasteiger partial charge >= 0.3 is 0 Å². The first-order valence-corrected chi connectivity index (χ1v) is 9.00. The number of hydrogen-bond acceptors (Lipinski definition) is 3. The van der Waals surface area contributed by atoms with Gasteiger partial charge in [-0.1, -0.05) is 50.5 Å². The molecule has 1 heterocycles. The van der Waals surface area contributed by atoms with E-state index < -0.39 is 0 Å². The second-order valence-electron chi connectivity index (χ2n) is 6.83. The van der Waals surface area contributed by atoms with Gasteiger partial charge in [0.1, 0.15) is 5.82 Å². The van der Waals surface area contributed by atoms with E-state index in [1.807, 2.05) is 24.3 Å². The number of anilines is 1. The molecule has 1 aliphatic carbocycles. The summed E-state index contributed by atoms with van der Waals surface area (Å²) in [4.78, 5) is 15.3. The highest BCUT2D eigenvalue weighted by Crippen LogP contribution is 2.34. The van der Waals surface area contributed by atoms with Crippen LogP contribution in [0.25, 0.3) is 10.8 Å². The number of amides is 1.